The summed E-state index contributed by atoms with van der Waals surface area (Å²) in [6.45, 7) is 7.00. The zero-order valence-corrected chi connectivity index (χ0v) is 18.3. The molecule has 0 aliphatic carbocycles. The number of rotatable bonds is 10. The maximum atomic E-state index is 12.5. The number of nitrogens with zero attached hydrogens (tertiary/aromatic N) is 1. The first kappa shape index (κ1) is 21.9. The SMILES string of the molecule is CCN(CC)C(CNCC(=O)c1ccc(OC)c(Br)c1)c1ccccc1Cl. The number of halogens is 2. The molecule has 0 saturated heterocycles. The van der Waals surface area contributed by atoms with Crippen LogP contribution in [0.3, 0.4) is 0 Å². The molecule has 27 heavy (non-hydrogen) atoms. The quantitative estimate of drug-likeness (QED) is 0.516. The summed E-state index contributed by atoms with van der Waals surface area (Å²) in [4.78, 5) is 14.9. The third-order valence-corrected chi connectivity index (χ3v) is 5.58. The van der Waals surface area contributed by atoms with Crippen LogP contribution in [0.5, 0.6) is 5.75 Å². The molecule has 0 saturated carbocycles. The fourth-order valence-electron chi connectivity index (χ4n) is 3.11. The highest BCUT2D eigenvalue weighted by Gasteiger charge is 2.20. The van der Waals surface area contributed by atoms with Crippen molar-refractivity contribution in [1.29, 1.82) is 0 Å². The molecular formula is C21H26BrClN2O2. The number of nitrogens with one attached hydrogen (secondary N) is 1. The first-order chi connectivity index (χ1) is 13.0. The molecule has 0 spiro atoms. The molecule has 2 rings (SSSR count). The molecule has 0 amide bonds. The van der Waals surface area contributed by atoms with Crippen LogP contribution < -0.4 is 10.1 Å². The predicted octanol–water partition coefficient (Wildman–Crippen LogP) is 4.97. The smallest absolute Gasteiger partial charge is 0.176 e. The van der Waals surface area contributed by atoms with E-state index in [0.717, 1.165) is 28.1 Å². The molecular weight excluding hydrogens is 428 g/mol. The first-order valence-corrected chi connectivity index (χ1v) is 10.2. The van der Waals surface area contributed by atoms with Gasteiger partial charge < -0.3 is 10.1 Å². The maximum absolute atomic E-state index is 12.5. The summed E-state index contributed by atoms with van der Waals surface area (Å²) in [5.74, 6) is 0.746. The average molecular weight is 454 g/mol. The van der Waals surface area contributed by atoms with Gasteiger partial charge >= 0.3 is 0 Å². The van der Waals surface area contributed by atoms with Crippen LogP contribution in [0.1, 0.15) is 35.8 Å². The maximum Gasteiger partial charge on any atom is 0.176 e. The van der Waals surface area contributed by atoms with Gasteiger partial charge in [-0.1, -0.05) is 43.6 Å². The van der Waals surface area contributed by atoms with Gasteiger partial charge in [0.2, 0.25) is 0 Å². The van der Waals surface area contributed by atoms with Crippen molar-refractivity contribution in [2.45, 2.75) is 19.9 Å². The minimum absolute atomic E-state index is 0.0378. The molecule has 1 atom stereocenters. The number of ketones is 1. The second-order valence-electron chi connectivity index (χ2n) is 6.16. The Bertz CT molecular complexity index is 766. The van der Waals surface area contributed by atoms with Crippen LogP contribution in [0.25, 0.3) is 0 Å². The lowest BCUT2D eigenvalue weighted by atomic mass is 10.0. The summed E-state index contributed by atoms with van der Waals surface area (Å²) in [5.41, 5.74) is 1.72. The van der Waals surface area contributed by atoms with Crippen molar-refractivity contribution in [2.24, 2.45) is 0 Å². The van der Waals surface area contributed by atoms with Crippen LogP contribution in [0.2, 0.25) is 5.02 Å². The van der Waals surface area contributed by atoms with Gasteiger partial charge in [0.05, 0.1) is 18.1 Å². The van der Waals surface area contributed by atoms with Crippen molar-refractivity contribution >= 4 is 33.3 Å². The molecule has 1 unspecified atom stereocenters. The van der Waals surface area contributed by atoms with Gasteiger partial charge in [-0.15, -0.1) is 0 Å². The number of carbonyl (C=O) groups excluding carboxylic acids is 1. The van der Waals surface area contributed by atoms with Crippen LogP contribution >= 0.6 is 27.5 Å². The summed E-state index contributed by atoms with van der Waals surface area (Å²) in [5, 5.41) is 4.06. The van der Waals surface area contributed by atoms with Crippen molar-refractivity contribution < 1.29 is 9.53 Å². The molecule has 0 aliphatic rings. The zero-order chi connectivity index (χ0) is 19.8. The summed E-state index contributed by atoms with van der Waals surface area (Å²) in [7, 11) is 1.60. The van der Waals surface area contributed by atoms with E-state index in [0.29, 0.717) is 17.9 Å². The van der Waals surface area contributed by atoms with E-state index in [2.05, 4.69) is 46.1 Å². The van der Waals surface area contributed by atoms with Crippen molar-refractivity contribution in [1.82, 2.24) is 10.2 Å². The summed E-state index contributed by atoms with van der Waals surface area (Å²) in [6, 6.07) is 13.4. The van der Waals surface area contributed by atoms with E-state index in [1.165, 1.54) is 0 Å². The highest BCUT2D eigenvalue weighted by atomic mass is 79.9. The van der Waals surface area contributed by atoms with Crippen LogP contribution in [0, 0.1) is 0 Å². The van der Waals surface area contributed by atoms with Crippen molar-refractivity contribution in [3.63, 3.8) is 0 Å². The summed E-state index contributed by atoms with van der Waals surface area (Å²) in [6.07, 6.45) is 0. The van der Waals surface area contributed by atoms with Crippen LogP contribution in [-0.2, 0) is 0 Å². The average Bonchev–Trinajstić information content (AvgIpc) is 2.68. The molecule has 0 fully saturated rings. The Balaban J connectivity index is 2.05. The van der Waals surface area contributed by atoms with Gasteiger partial charge in [-0.3, -0.25) is 9.69 Å². The second-order valence-corrected chi connectivity index (χ2v) is 7.42. The number of likely N-dealkylation sites (N-methyl/N-ethyl adjacent to an activating group) is 1. The third kappa shape index (κ3) is 5.79. The van der Waals surface area contributed by atoms with E-state index in [1.807, 2.05) is 18.2 Å². The monoisotopic (exact) mass is 452 g/mol. The highest BCUT2D eigenvalue weighted by Crippen LogP contribution is 2.27. The summed E-state index contributed by atoms with van der Waals surface area (Å²) < 4.78 is 5.98. The molecule has 0 radical (unpaired) electrons. The number of benzene rings is 2. The molecule has 6 heteroatoms. The fourth-order valence-corrected chi connectivity index (χ4v) is 3.91. The van der Waals surface area contributed by atoms with Crippen LogP contribution in [-0.4, -0.2) is 44.0 Å². The van der Waals surface area contributed by atoms with E-state index in [1.54, 1.807) is 25.3 Å². The van der Waals surface area contributed by atoms with Gasteiger partial charge in [0.1, 0.15) is 5.75 Å². The normalized spacial score (nSPS) is 12.2. The van der Waals surface area contributed by atoms with E-state index < -0.39 is 0 Å². The van der Waals surface area contributed by atoms with Crippen LogP contribution in [0.15, 0.2) is 46.9 Å². The fraction of sp³-hybridized carbons (Fsp3) is 0.381. The minimum atomic E-state index is 0.0378. The second kappa shape index (κ2) is 10.8. The van der Waals surface area contributed by atoms with Gasteiger partial charge in [0.25, 0.3) is 0 Å². The van der Waals surface area contributed by atoms with Gasteiger partial charge in [-0.2, -0.15) is 0 Å². The Labute approximate surface area is 175 Å². The van der Waals surface area contributed by atoms with Crippen molar-refractivity contribution in [3.8, 4) is 5.75 Å². The Morgan fingerprint density at radius 1 is 1.22 bits per heavy atom. The standard InChI is InChI=1S/C21H26BrClN2O2/c1-4-25(5-2)19(16-8-6-7-9-18(16)23)13-24-14-20(26)15-10-11-21(27-3)17(22)12-15/h6-12,19,24H,4-5,13-14H2,1-3H3. The van der Waals surface area contributed by atoms with Gasteiger partial charge in [0, 0.05) is 23.2 Å². The Hall–Kier alpha value is -1.40. The predicted molar refractivity (Wildman–Crippen MR) is 115 cm³/mol. The van der Waals surface area contributed by atoms with Crippen molar-refractivity contribution in [2.75, 3.05) is 33.3 Å². The molecule has 0 aliphatic heterocycles. The molecule has 0 heterocycles. The van der Waals surface area contributed by atoms with Crippen molar-refractivity contribution in [3.05, 3.63) is 63.1 Å². The molecule has 0 bridgehead atoms. The molecule has 2 aromatic carbocycles. The molecule has 4 nitrogen and oxygen atoms in total. The lowest BCUT2D eigenvalue weighted by Crippen LogP contribution is -2.37. The summed E-state index contributed by atoms with van der Waals surface area (Å²) >= 11 is 9.85. The number of Topliss-reactive ketones (excluding diaryl/α,β-unsaturated/α-hetero) is 1. The molecule has 1 N–H and O–H groups in total. The molecule has 2 aromatic rings. The zero-order valence-electron chi connectivity index (χ0n) is 16.0. The van der Waals surface area contributed by atoms with Crippen LogP contribution in [0.4, 0.5) is 0 Å². The van der Waals surface area contributed by atoms with Gasteiger partial charge in [0.15, 0.2) is 5.78 Å². The minimum Gasteiger partial charge on any atom is -0.496 e. The van der Waals surface area contributed by atoms with E-state index in [-0.39, 0.29) is 18.4 Å². The van der Waals surface area contributed by atoms with E-state index >= 15 is 0 Å². The Morgan fingerprint density at radius 3 is 2.52 bits per heavy atom. The number of hydrogen-bond acceptors (Lipinski definition) is 4. The van der Waals surface area contributed by atoms with Gasteiger partial charge in [-0.05, 0) is 58.8 Å². The Kier molecular flexibility index (Phi) is 8.77. The van der Waals surface area contributed by atoms with E-state index in [9.17, 15) is 4.79 Å². The first-order valence-electron chi connectivity index (χ1n) is 9.07. The topological polar surface area (TPSA) is 41.6 Å². The lowest BCUT2D eigenvalue weighted by molar-refractivity contribution is 0.0986. The number of carbonyl (C=O) groups is 1. The highest BCUT2D eigenvalue weighted by molar-refractivity contribution is 9.10. The number of hydrogen-bond donors (Lipinski definition) is 1. The number of methoxy groups -OCH3 is 1. The largest absolute Gasteiger partial charge is 0.496 e. The van der Waals surface area contributed by atoms with E-state index in [4.69, 9.17) is 16.3 Å². The Morgan fingerprint density at radius 2 is 1.93 bits per heavy atom. The third-order valence-electron chi connectivity index (χ3n) is 4.61. The molecule has 0 aromatic heterocycles. The lowest BCUT2D eigenvalue weighted by Gasteiger charge is -2.31. The number of ether oxygens (including phenoxy) is 1. The van der Waals surface area contributed by atoms with Gasteiger partial charge in [-0.25, -0.2) is 0 Å². The molecule has 146 valence electrons.